The highest BCUT2D eigenvalue weighted by atomic mass is 35.5. The van der Waals surface area contributed by atoms with Crippen molar-refractivity contribution < 1.29 is 13.5 Å². The minimum Gasteiger partial charge on any atom is -0.484 e. The first-order valence-corrected chi connectivity index (χ1v) is 8.06. The summed E-state index contributed by atoms with van der Waals surface area (Å²) >= 11 is 5.93. The summed E-state index contributed by atoms with van der Waals surface area (Å²) in [6.07, 6.45) is 2.86. The lowest BCUT2D eigenvalue weighted by molar-refractivity contribution is 0.0818. The quantitative estimate of drug-likeness (QED) is 0.658. The van der Waals surface area contributed by atoms with Gasteiger partial charge in [0.15, 0.2) is 5.75 Å². The SMILES string of the molecule is FC(F)COc1cnc(Cl)nc1-c1cn2c3c(cccc13)CCC2. The third-order valence-corrected chi connectivity index (χ3v) is 4.35. The molecule has 7 heteroatoms. The summed E-state index contributed by atoms with van der Waals surface area (Å²) in [4.78, 5) is 8.10. The van der Waals surface area contributed by atoms with Gasteiger partial charge in [-0.05, 0) is 30.0 Å². The Hall–Kier alpha value is -2.21. The van der Waals surface area contributed by atoms with Gasteiger partial charge in [-0.1, -0.05) is 18.2 Å². The predicted octanol–water partition coefficient (Wildman–Crippen LogP) is 4.34. The summed E-state index contributed by atoms with van der Waals surface area (Å²) in [7, 11) is 0. The number of aryl methyl sites for hydroxylation is 2. The van der Waals surface area contributed by atoms with Gasteiger partial charge >= 0.3 is 0 Å². The van der Waals surface area contributed by atoms with Gasteiger partial charge in [-0.3, -0.25) is 0 Å². The van der Waals surface area contributed by atoms with E-state index in [4.69, 9.17) is 16.3 Å². The van der Waals surface area contributed by atoms with Crippen LogP contribution in [0.15, 0.2) is 30.6 Å². The highest BCUT2D eigenvalue weighted by Crippen LogP contribution is 2.38. The number of nitrogens with zero attached hydrogens (tertiary/aromatic N) is 3. The van der Waals surface area contributed by atoms with Crippen LogP contribution in [-0.4, -0.2) is 27.6 Å². The number of benzene rings is 1. The lowest BCUT2D eigenvalue weighted by Crippen LogP contribution is -2.08. The van der Waals surface area contributed by atoms with Gasteiger partial charge in [0.25, 0.3) is 6.43 Å². The highest BCUT2D eigenvalue weighted by molar-refractivity contribution is 6.28. The Labute approximate surface area is 142 Å². The molecular weight excluding hydrogens is 336 g/mol. The van der Waals surface area contributed by atoms with E-state index in [1.165, 1.54) is 11.8 Å². The van der Waals surface area contributed by atoms with Crippen LogP contribution < -0.4 is 4.74 Å². The van der Waals surface area contributed by atoms with Crippen molar-refractivity contribution in [2.75, 3.05) is 6.61 Å². The zero-order valence-corrected chi connectivity index (χ0v) is 13.4. The lowest BCUT2D eigenvalue weighted by atomic mass is 10.0. The minimum atomic E-state index is -2.57. The van der Waals surface area contributed by atoms with E-state index in [1.807, 2.05) is 18.3 Å². The molecule has 1 aromatic carbocycles. The standard InChI is InChI=1S/C17H14ClF2N3O/c18-17-21-7-13(24-9-14(19)20)15(22-17)12-8-23-6-2-4-10-3-1-5-11(12)16(10)23/h1,3,5,7-8,14H,2,4,6,9H2. The average molecular weight is 350 g/mol. The van der Waals surface area contributed by atoms with Crippen LogP contribution >= 0.6 is 11.6 Å². The van der Waals surface area contributed by atoms with Gasteiger partial charge in [0.05, 0.1) is 11.7 Å². The lowest BCUT2D eigenvalue weighted by Gasteiger charge is -2.14. The summed E-state index contributed by atoms with van der Waals surface area (Å²) in [5.74, 6) is 0.211. The van der Waals surface area contributed by atoms with Crippen LogP contribution in [0.3, 0.4) is 0 Å². The third-order valence-electron chi connectivity index (χ3n) is 4.17. The Balaban J connectivity index is 1.89. The van der Waals surface area contributed by atoms with Crippen LogP contribution in [0.2, 0.25) is 5.28 Å². The molecule has 4 nitrogen and oxygen atoms in total. The van der Waals surface area contributed by atoms with Crippen LogP contribution in [0.5, 0.6) is 5.75 Å². The molecule has 1 aliphatic heterocycles. The number of rotatable bonds is 4. The van der Waals surface area contributed by atoms with Crippen molar-refractivity contribution in [3.05, 3.63) is 41.4 Å². The van der Waals surface area contributed by atoms with Gasteiger partial charge in [0.1, 0.15) is 12.3 Å². The van der Waals surface area contributed by atoms with Crippen LogP contribution in [-0.2, 0) is 13.0 Å². The van der Waals surface area contributed by atoms with E-state index < -0.39 is 13.0 Å². The maximum Gasteiger partial charge on any atom is 0.272 e. The van der Waals surface area contributed by atoms with E-state index in [-0.39, 0.29) is 11.0 Å². The summed E-state index contributed by atoms with van der Waals surface area (Å²) in [5, 5.41) is 1.07. The molecule has 2 aromatic heterocycles. The molecule has 3 aromatic rings. The molecule has 0 unspecified atom stereocenters. The highest BCUT2D eigenvalue weighted by Gasteiger charge is 2.21. The molecule has 0 bridgehead atoms. The molecule has 0 saturated heterocycles. The molecule has 0 amide bonds. The number of para-hydroxylation sites is 1. The fourth-order valence-electron chi connectivity index (χ4n) is 3.25. The zero-order chi connectivity index (χ0) is 16.7. The monoisotopic (exact) mass is 349 g/mol. The fraction of sp³-hybridized carbons (Fsp3) is 0.294. The maximum absolute atomic E-state index is 12.5. The van der Waals surface area contributed by atoms with Gasteiger partial charge in [0, 0.05) is 23.7 Å². The van der Waals surface area contributed by atoms with Crippen LogP contribution in [0.1, 0.15) is 12.0 Å². The van der Waals surface area contributed by atoms with E-state index in [0.29, 0.717) is 5.69 Å². The van der Waals surface area contributed by atoms with Crippen molar-refractivity contribution in [2.24, 2.45) is 0 Å². The Bertz CT molecular complexity index is 910. The van der Waals surface area contributed by atoms with Crippen LogP contribution in [0.25, 0.3) is 22.2 Å². The van der Waals surface area contributed by atoms with E-state index >= 15 is 0 Å². The van der Waals surface area contributed by atoms with Gasteiger partial charge < -0.3 is 9.30 Å². The Morgan fingerprint density at radius 2 is 2.21 bits per heavy atom. The van der Waals surface area contributed by atoms with Gasteiger partial charge in [-0.25, -0.2) is 18.7 Å². The van der Waals surface area contributed by atoms with Crippen LogP contribution in [0.4, 0.5) is 8.78 Å². The fourth-order valence-corrected chi connectivity index (χ4v) is 3.38. The van der Waals surface area contributed by atoms with Crippen molar-refractivity contribution in [1.29, 1.82) is 0 Å². The topological polar surface area (TPSA) is 39.9 Å². The molecule has 124 valence electrons. The smallest absolute Gasteiger partial charge is 0.272 e. The molecule has 4 rings (SSSR count). The Kier molecular flexibility index (Phi) is 3.84. The molecule has 0 spiro atoms. The molecule has 0 N–H and O–H groups in total. The maximum atomic E-state index is 12.5. The molecule has 0 atom stereocenters. The number of ether oxygens (including phenoxy) is 1. The summed E-state index contributed by atoms with van der Waals surface area (Å²) in [6.45, 7) is 0.210. The van der Waals surface area contributed by atoms with Gasteiger partial charge in [-0.15, -0.1) is 0 Å². The number of halogens is 3. The molecule has 1 aliphatic rings. The van der Waals surface area contributed by atoms with E-state index in [0.717, 1.165) is 35.9 Å². The normalized spacial score (nSPS) is 13.7. The Morgan fingerprint density at radius 3 is 3.04 bits per heavy atom. The number of hydrogen-bond donors (Lipinski definition) is 0. The van der Waals surface area contributed by atoms with Crippen molar-refractivity contribution in [2.45, 2.75) is 25.8 Å². The van der Waals surface area contributed by atoms with E-state index in [2.05, 4.69) is 20.6 Å². The zero-order valence-electron chi connectivity index (χ0n) is 12.7. The molecule has 24 heavy (non-hydrogen) atoms. The first kappa shape index (κ1) is 15.3. The first-order valence-electron chi connectivity index (χ1n) is 7.68. The molecular formula is C17H14ClF2N3O. The molecule has 0 aliphatic carbocycles. The number of hydrogen-bond acceptors (Lipinski definition) is 3. The average Bonchev–Trinajstić information content (AvgIpc) is 2.95. The summed E-state index contributed by atoms with van der Waals surface area (Å²) < 4.78 is 32.4. The van der Waals surface area contributed by atoms with E-state index in [1.54, 1.807) is 0 Å². The second-order valence-electron chi connectivity index (χ2n) is 5.71. The Morgan fingerprint density at radius 1 is 1.33 bits per heavy atom. The molecule has 0 radical (unpaired) electrons. The van der Waals surface area contributed by atoms with Crippen molar-refractivity contribution in [3.63, 3.8) is 0 Å². The van der Waals surface area contributed by atoms with Crippen LogP contribution in [0, 0.1) is 0 Å². The number of aromatic nitrogens is 3. The summed E-state index contributed by atoms with van der Waals surface area (Å²) in [6, 6.07) is 6.12. The first-order chi connectivity index (χ1) is 11.6. The second-order valence-corrected chi connectivity index (χ2v) is 6.05. The minimum absolute atomic E-state index is 0.0568. The van der Waals surface area contributed by atoms with Crippen molar-refractivity contribution >= 4 is 22.5 Å². The summed E-state index contributed by atoms with van der Waals surface area (Å²) in [5.41, 5.74) is 3.70. The van der Waals surface area contributed by atoms with Crippen molar-refractivity contribution in [3.8, 4) is 17.0 Å². The van der Waals surface area contributed by atoms with Gasteiger partial charge in [-0.2, -0.15) is 0 Å². The van der Waals surface area contributed by atoms with Crippen molar-refractivity contribution in [1.82, 2.24) is 14.5 Å². The second kappa shape index (κ2) is 6.02. The predicted molar refractivity (Wildman–Crippen MR) is 87.8 cm³/mol. The largest absolute Gasteiger partial charge is 0.484 e. The molecule has 0 fully saturated rings. The number of alkyl halides is 2. The van der Waals surface area contributed by atoms with E-state index in [9.17, 15) is 8.78 Å². The van der Waals surface area contributed by atoms with Gasteiger partial charge in [0.2, 0.25) is 5.28 Å². The third kappa shape index (κ3) is 2.60. The molecule has 3 heterocycles. The molecule has 0 saturated carbocycles.